The zero-order valence-electron chi connectivity index (χ0n) is 11.7. The molecule has 3 heteroatoms. The molecule has 0 aromatic heterocycles. The van der Waals surface area contributed by atoms with Gasteiger partial charge in [-0.1, -0.05) is 39.5 Å². The smallest absolute Gasteiger partial charge is 0.157 e. The lowest BCUT2D eigenvalue weighted by molar-refractivity contribution is 0.369. The number of amidine groups is 1. The summed E-state index contributed by atoms with van der Waals surface area (Å²) < 4.78 is 0. The molecule has 0 bridgehead atoms. The second kappa shape index (κ2) is 4.83. The molecule has 0 spiro atoms. The summed E-state index contributed by atoms with van der Waals surface area (Å²) in [6, 6.07) is 0. The fourth-order valence-electron chi connectivity index (χ4n) is 2.53. The Morgan fingerprint density at radius 1 is 1.29 bits per heavy atom. The van der Waals surface area contributed by atoms with Crippen molar-refractivity contribution in [2.24, 2.45) is 16.3 Å². The predicted molar refractivity (Wildman–Crippen MR) is 77.7 cm³/mol. The van der Waals surface area contributed by atoms with Crippen molar-refractivity contribution >= 4 is 16.9 Å². The van der Waals surface area contributed by atoms with Crippen molar-refractivity contribution in [3.05, 3.63) is 0 Å². The van der Waals surface area contributed by atoms with Crippen LogP contribution >= 0.6 is 11.8 Å². The highest BCUT2D eigenvalue weighted by molar-refractivity contribution is 8.14. The molecule has 1 N–H and O–H groups in total. The van der Waals surface area contributed by atoms with Crippen molar-refractivity contribution in [2.45, 2.75) is 58.9 Å². The van der Waals surface area contributed by atoms with Gasteiger partial charge < -0.3 is 5.32 Å². The second-order valence-corrected chi connectivity index (χ2v) is 7.00. The Labute approximate surface area is 110 Å². The number of aliphatic imine (C=N–C) groups is 1. The van der Waals surface area contributed by atoms with Crippen molar-refractivity contribution in [1.82, 2.24) is 5.32 Å². The summed E-state index contributed by atoms with van der Waals surface area (Å²) in [5.74, 6) is 1.97. The van der Waals surface area contributed by atoms with E-state index in [1.165, 1.54) is 36.6 Å². The van der Waals surface area contributed by atoms with Crippen LogP contribution in [-0.4, -0.2) is 23.0 Å². The molecule has 0 unspecified atom stereocenters. The van der Waals surface area contributed by atoms with Crippen LogP contribution in [0.15, 0.2) is 4.99 Å². The average molecular weight is 254 g/mol. The van der Waals surface area contributed by atoms with Gasteiger partial charge in [-0.3, -0.25) is 4.99 Å². The molecule has 98 valence electrons. The molecule has 0 aromatic carbocycles. The van der Waals surface area contributed by atoms with Gasteiger partial charge in [-0.05, 0) is 37.0 Å². The Morgan fingerprint density at radius 3 is 2.35 bits per heavy atom. The third-order valence-electron chi connectivity index (χ3n) is 4.87. The van der Waals surface area contributed by atoms with Gasteiger partial charge in [-0.2, -0.15) is 0 Å². The summed E-state index contributed by atoms with van der Waals surface area (Å²) >= 11 is 1.92. The lowest BCUT2D eigenvalue weighted by Crippen LogP contribution is -2.42. The van der Waals surface area contributed by atoms with E-state index in [2.05, 4.69) is 33.0 Å². The summed E-state index contributed by atoms with van der Waals surface area (Å²) in [6.07, 6.45) is 5.15. The van der Waals surface area contributed by atoms with Crippen LogP contribution in [0.25, 0.3) is 0 Å². The largest absolute Gasteiger partial charge is 0.359 e. The number of nitrogens with one attached hydrogen (secondary N) is 1. The molecular formula is C14H26N2S. The molecule has 1 saturated carbocycles. The van der Waals surface area contributed by atoms with Crippen LogP contribution in [0.2, 0.25) is 0 Å². The minimum absolute atomic E-state index is 0.318. The van der Waals surface area contributed by atoms with E-state index in [9.17, 15) is 0 Å². The number of rotatable bonds is 5. The Kier molecular flexibility index (Phi) is 3.77. The third-order valence-corrected chi connectivity index (χ3v) is 6.07. The first-order chi connectivity index (χ1) is 8.06. The number of hydrogen-bond acceptors (Lipinski definition) is 2. The summed E-state index contributed by atoms with van der Waals surface area (Å²) in [5.41, 5.74) is 0.858. The number of nitrogens with zero attached hydrogens (tertiary/aromatic N) is 1. The zero-order valence-corrected chi connectivity index (χ0v) is 12.5. The van der Waals surface area contributed by atoms with Gasteiger partial charge in [0, 0.05) is 17.8 Å². The first-order valence-corrected chi connectivity index (χ1v) is 8.00. The van der Waals surface area contributed by atoms with E-state index in [0.29, 0.717) is 11.0 Å². The van der Waals surface area contributed by atoms with Gasteiger partial charge in [0.2, 0.25) is 0 Å². The molecule has 2 aliphatic rings. The van der Waals surface area contributed by atoms with Crippen molar-refractivity contribution in [2.75, 3.05) is 12.3 Å². The lowest BCUT2D eigenvalue weighted by Gasteiger charge is -2.25. The van der Waals surface area contributed by atoms with Gasteiger partial charge >= 0.3 is 0 Å². The second-order valence-electron chi connectivity index (χ2n) is 6.04. The Hall–Kier alpha value is -0.180. The first-order valence-electron chi connectivity index (χ1n) is 7.01. The topological polar surface area (TPSA) is 24.4 Å². The maximum atomic E-state index is 4.84. The summed E-state index contributed by atoms with van der Waals surface area (Å²) in [4.78, 5) is 4.84. The van der Waals surface area contributed by atoms with E-state index < -0.39 is 0 Å². The van der Waals surface area contributed by atoms with E-state index in [1.807, 2.05) is 11.8 Å². The normalized spacial score (nSPS) is 27.5. The minimum atomic E-state index is 0.318. The first kappa shape index (κ1) is 13.3. The van der Waals surface area contributed by atoms with Crippen LogP contribution in [0.1, 0.15) is 53.4 Å². The molecule has 1 saturated heterocycles. The van der Waals surface area contributed by atoms with Gasteiger partial charge in [-0.15, -0.1) is 0 Å². The standard InChI is InChI=1S/C14H26N2S/c1-5-14(6-2)10-17-12(16-14)15-9-13(7-8-13)11(3)4/h11H,5-10H2,1-4H3,(H,15,16). The van der Waals surface area contributed by atoms with Gasteiger partial charge in [0.25, 0.3) is 0 Å². The SMILES string of the molecule is CCC1(CC)CSC(=NCC2(C(C)C)CC2)N1. The minimum Gasteiger partial charge on any atom is -0.359 e. The quantitative estimate of drug-likeness (QED) is 0.809. The zero-order chi connectivity index (χ0) is 12.5. The van der Waals surface area contributed by atoms with Crippen molar-refractivity contribution < 1.29 is 0 Å². The van der Waals surface area contributed by atoms with Gasteiger partial charge in [0.05, 0.1) is 0 Å². The molecule has 2 nitrogen and oxygen atoms in total. The Balaban J connectivity index is 1.92. The molecular weight excluding hydrogens is 228 g/mol. The van der Waals surface area contributed by atoms with Crippen LogP contribution in [0.3, 0.4) is 0 Å². The van der Waals surface area contributed by atoms with Crippen molar-refractivity contribution in [3.63, 3.8) is 0 Å². The maximum absolute atomic E-state index is 4.84. The van der Waals surface area contributed by atoms with Crippen LogP contribution in [0, 0.1) is 11.3 Å². The van der Waals surface area contributed by atoms with Crippen molar-refractivity contribution in [1.29, 1.82) is 0 Å². The summed E-state index contributed by atoms with van der Waals surface area (Å²) in [5, 5.41) is 4.85. The molecule has 2 fully saturated rings. The van der Waals surface area contributed by atoms with Crippen LogP contribution in [-0.2, 0) is 0 Å². The number of hydrogen-bond donors (Lipinski definition) is 1. The molecule has 1 aliphatic carbocycles. The average Bonchev–Trinajstić information content (AvgIpc) is 3.02. The Bertz CT molecular complexity index is 301. The summed E-state index contributed by atoms with van der Waals surface area (Å²) in [7, 11) is 0. The molecule has 1 aliphatic heterocycles. The van der Waals surface area contributed by atoms with Crippen LogP contribution < -0.4 is 5.32 Å². The van der Waals surface area contributed by atoms with E-state index in [1.54, 1.807) is 0 Å². The monoisotopic (exact) mass is 254 g/mol. The highest BCUT2D eigenvalue weighted by Gasteiger charge is 2.45. The van der Waals surface area contributed by atoms with E-state index in [4.69, 9.17) is 4.99 Å². The maximum Gasteiger partial charge on any atom is 0.157 e. The predicted octanol–water partition coefficient (Wildman–Crippen LogP) is 3.67. The van der Waals surface area contributed by atoms with E-state index in [0.717, 1.165) is 12.5 Å². The Morgan fingerprint density at radius 2 is 1.94 bits per heavy atom. The van der Waals surface area contributed by atoms with Crippen LogP contribution in [0.4, 0.5) is 0 Å². The fraction of sp³-hybridized carbons (Fsp3) is 0.929. The van der Waals surface area contributed by atoms with Crippen LogP contribution in [0.5, 0.6) is 0 Å². The molecule has 0 aromatic rings. The highest BCUT2D eigenvalue weighted by Crippen LogP contribution is 2.52. The van der Waals surface area contributed by atoms with Gasteiger partial charge in [-0.25, -0.2) is 0 Å². The molecule has 17 heavy (non-hydrogen) atoms. The summed E-state index contributed by atoms with van der Waals surface area (Å²) in [6.45, 7) is 10.3. The van der Waals surface area contributed by atoms with Crippen molar-refractivity contribution in [3.8, 4) is 0 Å². The fourth-order valence-corrected chi connectivity index (χ4v) is 3.87. The van der Waals surface area contributed by atoms with Gasteiger partial charge in [0.1, 0.15) is 0 Å². The number of thioether (sulfide) groups is 1. The third kappa shape index (κ3) is 2.64. The van der Waals surface area contributed by atoms with E-state index >= 15 is 0 Å². The molecule has 0 atom stereocenters. The molecule has 0 amide bonds. The lowest BCUT2D eigenvalue weighted by atomic mass is 9.93. The highest BCUT2D eigenvalue weighted by atomic mass is 32.2. The molecule has 2 rings (SSSR count). The van der Waals surface area contributed by atoms with Gasteiger partial charge in [0.15, 0.2) is 5.17 Å². The van der Waals surface area contributed by atoms with E-state index in [-0.39, 0.29) is 0 Å². The molecule has 1 heterocycles. The molecule has 0 radical (unpaired) electrons.